The van der Waals surface area contributed by atoms with E-state index in [2.05, 4.69) is 10.3 Å². The summed E-state index contributed by atoms with van der Waals surface area (Å²) in [6, 6.07) is 10.4. The molecule has 3 N–H and O–H groups in total. The Morgan fingerprint density at radius 2 is 2.17 bits per heavy atom. The number of carbonyl (C=O) groups is 1. The molecule has 0 radical (unpaired) electrons. The lowest BCUT2D eigenvalue weighted by molar-refractivity contribution is 0.102. The van der Waals surface area contributed by atoms with Crippen LogP contribution in [0.25, 0.3) is 0 Å². The van der Waals surface area contributed by atoms with Crippen LogP contribution in [0.4, 0.5) is 11.5 Å². The summed E-state index contributed by atoms with van der Waals surface area (Å²) in [5.74, 6) is 0.582. The highest BCUT2D eigenvalue weighted by molar-refractivity contribution is 6.07. The number of nitrogen functional groups attached to an aromatic ring is 1. The first-order chi connectivity index (χ1) is 8.70. The second-order valence-electron chi connectivity index (χ2n) is 3.62. The molecular weight excluding hydrogens is 230 g/mol. The largest absolute Gasteiger partial charge is 0.497 e. The van der Waals surface area contributed by atoms with Gasteiger partial charge >= 0.3 is 0 Å². The Morgan fingerprint density at radius 3 is 2.89 bits per heavy atom. The molecule has 92 valence electrons. The summed E-state index contributed by atoms with van der Waals surface area (Å²) in [5.41, 5.74) is 6.62. The van der Waals surface area contributed by atoms with E-state index in [1.165, 1.54) is 6.20 Å². The van der Waals surface area contributed by atoms with Gasteiger partial charge in [-0.3, -0.25) is 4.79 Å². The summed E-state index contributed by atoms with van der Waals surface area (Å²) in [6.45, 7) is 0. The van der Waals surface area contributed by atoms with Crippen LogP contribution in [0.3, 0.4) is 0 Å². The highest BCUT2D eigenvalue weighted by Crippen LogP contribution is 2.18. The molecule has 0 atom stereocenters. The van der Waals surface area contributed by atoms with Crippen molar-refractivity contribution >= 4 is 17.4 Å². The molecule has 0 bridgehead atoms. The fourth-order valence-electron chi connectivity index (χ4n) is 1.51. The SMILES string of the molecule is COc1cccc(NC(=O)c2cccnc2N)c1. The van der Waals surface area contributed by atoms with Gasteiger partial charge in [0.15, 0.2) is 0 Å². The van der Waals surface area contributed by atoms with Crippen LogP contribution in [0, 0.1) is 0 Å². The third-order valence-corrected chi connectivity index (χ3v) is 2.41. The van der Waals surface area contributed by atoms with E-state index in [9.17, 15) is 4.79 Å². The van der Waals surface area contributed by atoms with E-state index in [1.54, 1.807) is 43.5 Å². The number of benzene rings is 1. The van der Waals surface area contributed by atoms with E-state index in [1.807, 2.05) is 0 Å². The number of carbonyl (C=O) groups excluding carboxylic acids is 1. The fraction of sp³-hybridized carbons (Fsp3) is 0.0769. The molecule has 0 aliphatic heterocycles. The third-order valence-electron chi connectivity index (χ3n) is 2.41. The first-order valence-electron chi connectivity index (χ1n) is 5.36. The number of aromatic nitrogens is 1. The van der Waals surface area contributed by atoms with Crippen LogP contribution in [0.2, 0.25) is 0 Å². The fourth-order valence-corrected chi connectivity index (χ4v) is 1.51. The minimum Gasteiger partial charge on any atom is -0.497 e. The first-order valence-corrected chi connectivity index (χ1v) is 5.36. The normalized spacial score (nSPS) is 9.83. The molecule has 5 nitrogen and oxygen atoms in total. The molecule has 1 aromatic carbocycles. The predicted molar refractivity (Wildman–Crippen MR) is 69.6 cm³/mol. The summed E-state index contributed by atoms with van der Waals surface area (Å²) in [4.78, 5) is 15.8. The Morgan fingerprint density at radius 1 is 1.33 bits per heavy atom. The summed E-state index contributed by atoms with van der Waals surface area (Å²) in [5, 5.41) is 2.73. The summed E-state index contributed by atoms with van der Waals surface area (Å²) in [6.07, 6.45) is 1.54. The molecule has 18 heavy (non-hydrogen) atoms. The van der Waals surface area contributed by atoms with Crippen molar-refractivity contribution in [3.8, 4) is 5.75 Å². The van der Waals surface area contributed by atoms with Gasteiger partial charge in [-0.2, -0.15) is 0 Å². The van der Waals surface area contributed by atoms with E-state index >= 15 is 0 Å². The zero-order valence-electron chi connectivity index (χ0n) is 9.88. The summed E-state index contributed by atoms with van der Waals surface area (Å²) >= 11 is 0. The Balaban J connectivity index is 2.19. The maximum absolute atomic E-state index is 12.0. The summed E-state index contributed by atoms with van der Waals surface area (Å²) < 4.78 is 5.08. The molecule has 0 spiro atoms. The van der Waals surface area contributed by atoms with Gasteiger partial charge in [-0.15, -0.1) is 0 Å². The van der Waals surface area contributed by atoms with Gasteiger partial charge in [0, 0.05) is 18.0 Å². The van der Waals surface area contributed by atoms with Crippen molar-refractivity contribution in [2.24, 2.45) is 0 Å². The van der Waals surface area contributed by atoms with Gasteiger partial charge < -0.3 is 15.8 Å². The number of hydrogen-bond acceptors (Lipinski definition) is 4. The van der Waals surface area contributed by atoms with Crippen LogP contribution in [0.1, 0.15) is 10.4 Å². The van der Waals surface area contributed by atoms with Gasteiger partial charge in [-0.25, -0.2) is 4.98 Å². The van der Waals surface area contributed by atoms with Crippen LogP contribution in [-0.2, 0) is 0 Å². The number of rotatable bonds is 3. The lowest BCUT2D eigenvalue weighted by Crippen LogP contribution is -2.14. The number of methoxy groups -OCH3 is 1. The molecule has 0 saturated heterocycles. The number of nitrogens with one attached hydrogen (secondary N) is 1. The number of pyridine rings is 1. The van der Waals surface area contributed by atoms with Crippen LogP contribution in [0.5, 0.6) is 5.75 Å². The zero-order chi connectivity index (χ0) is 13.0. The van der Waals surface area contributed by atoms with Gasteiger partial charge in [0.2, 0.25) is 0 Å². The van der Waals surface area contributed by atoms with Gasteiger partial charge in [0.1, 0.15) is 11.6 Å². The zero-order valence-corrected chi connectivity index (χ0v) is 9.88. The van der Waals surface area contributed by atoms with Gasteiger partial charge in [0.25, 0.3) is 5.91 Å². The van der Waals surface area contributed by atoms with Crippen molar-refractivity contribution in [1.29, 1.82) is 0 Å². The molecule has 0 saturated carbocycles. The highest BCUT2D eigenvalue weighted by Gasteiger charge is 2.10. The van der Waals surface area contributed by atoms with Crippen molar-refractivity contribution < 1.29 is 9.53 Å². The minimum absolute atomic E-state index is 0.206. The van der Waals surface area contributed by atoms with Crippen molar-refractivity contribution in [2.45, 2.75) is 0 Å². The van der Waals surface area contributed by atoms with Gasteiger partial charge in [0.05, 0.1) is 12.7 Å². The standard InChI is InChI=1S/C13H13N3O2/c1-18-10-5-2-4-9(8-10)16-13(17)11-6-3-7-15-12(11)14/h2-8H,1H3,(H2,14,15)(H,16,17). The monoisotopic (exact) mass is 243 g/mol. The van der Waals surface area contributed by atoms with Crippen LogP contribution < -0.4 is 15.8 Å². The van der Waals surface area contributed by atoms with Gasteiger partial charge in [-0.1, -0.05) is 6.07 Å². The number of hydrogen-bond donors (Lipinski definition) is 2. The number of anilines is 2. The molecule has 1 aromatic heterocycles. The second-order valence-corrected chi connectivity index (χ2v) is 3.62. The maximum Gasteiger partial charge on any atom is 0.259 e. The summed E-state index contributed by atoms with van der Waals surface area (Å²) in [7, 11) is 1.57. The second kappa shape index (κ2) is 5.18. The Bertz CT molecular complexity index is 570. The van der Waals surface area contributed by atoms with E-state index in [-0.39, 0.29) is 11.7 Å². The number of nitrogens with two attached hydrogens (primary N) is 1. The van der Waals surface area contributed by atoms with Crippen molar-refractivity contribution in [1.82, 2.24) is 4.98 Å². The van der Waals surface area contributed by atoms with Crippen LogP contribution in [0.15, 0.2) is 42.6 Å². The van der Waals surface area contributed by atoms with Crippen LogP contribution >= 0.6 is 0 Å². The third kappa shape index (κ3) is 2.57. The van der Waals surface area contributed by atoms with Gasteiger partial charge in [-0.05, 0) is 24.3 Å². The molecule has 0 aliphatic rings. The van der Waals surface area contributed by atoms with Crippen LogP contribution in [-0.4, -0.2) is 18.0 Å². The molecule has 2 rings (SSSR count). The topological polar surface area (TPSA) is 77.2 Å². The molecule has 0 unspecified atom stereocenters. The molecule has 1 amide bonds. The smallest absolute Gasteiger partial charge is 0.259 e. The number of amides is 1. The van der Waals surface area contributed by atoms with E-state index in [0.717, 1.165) is 0 Å². The Hall–Kier alpha value is -2.56. The molecule has 0 aliphatic carbocycles. The quantitative estimate of drug-likeness (QED) is 0.863. The van der Waals surface area contributed by atoms with Crippen molar-refractivity contribution in [2.75, 3.05) is 18.2 Å². The predicted octanol–water partition coefficient (Wildman–Crippen LogP) is 1.92. The van der Waals surface area contributed by atoms with E-state index < -0.39 is 0 Å². The van der Waals surface area contributed by atoms with Crippen molar-refractivity contribution in [3.63, 3.8) is 0 Å². The molecular formula is C13H13N3O2. The van der Waals surface area contributed by atoms with E-state index in [0.29, 0.717) is 17.0 Å². The maximum atomic E-state index is 12.0. The minimum atomic E-state index is -0.297. The molecule has 0 fully saturated rings. The Labute approximate surface area is 105 Å². The average molecular weight is 243 g/mol. The van der Waals surface area contributed by atoms with E-state index in [4.69, 9.17) is 10.5 Å². The molecule has 5 heteroatoms. The molecule has 2 aromatic rings. The lowest BCUT2D eigenvalue weighted by Gasteiger charge is -2.07. The highest BCUT2D eigenvalue weighted by atomic mass is 16.5. The Kier molecular flexibility index (Phi) is 3.43. The number of nitrogens with zero attached hydrogens (tertiary/aromatic N) is 1. The average Bonchev–Trinajstić information content (AvgIpc) is 2.39. The molecule has 1 heterocycles. The lowest BCUT2D eigenvalue weighted by atomic mass is 10.2. The first kappa shape index (κ1) is 11.9. The number of ether oxygens (including phenoxy) is 1. The van der Waals surface area contributed by atoms with Crippen molar-refractivity contribution in [3.05, 3.63) is 48.2 Å².